The average molecular weight is 445 g/mol. The lowest BCUT2D eigenvalue weighted by Crippen LogP contribution is -2.01. The highest BCUT2D eigenvalue weighted by molar-refractivity contribution is 14.1. The maximum Gasteiger partial charge on any atom is 0.243 e. The summed E-state index contributed by atoms with van der Waals surface area (Å²) in [4.78, 5) is 8.65. The zero-order chi connectivity index (χ0) is 18.0. The van der Waals surface area contributed by atoms with E-state index in [-0.39, 0.29) is 0 Å². The van der Waals surface area contributed by atoms with Gasteiger partial charge in [0.25, 0.3) is 0 Å². The van der Waals surface area contributed by atoms with Crippen LogP contribution >= 0.6 is 22.6 Å². The van der Waals surface area contributed by atoms with Crippen molar-refractivity contribution in [3.05, 3.63) is 68.3 Å². The second kappa shape index (κ2) is 7.35. The van der Waals surface area contributed by atoms with Gasteiger partial charge >= 0.3 is 0 Å². The van der Waals surface area contributed by atoms with Crippen molar-refractivity contribution < 1.29 is 0 Å². The molecular formula is C19H20IN5. The Morgan fingerprint density at radius 2 is 1.64 bits per heavy atom. The molecule has 0 fully saturated rings. The molecular weight excluding hydrogens is 425 g/mol. The third-order valence-corrected chi connectivity index (χ3v) is 4.62. The Morgan fingerprint density at radius 3 is 2.28 bits per heavy atom. The zero-order valence-electron chi connectivity index (χ0n) is 14.7. The van der Waals surface area contributed by atoms with Gasteiger partial charge in [-0.25, -0.2) is 15.4 Å². The van der Waals surface area contributed by atoms with Crippen molar-refractivity contribution in [3.63, 3.8) is 0 Å². The first-order chi connectivity index (χ1) is 11.9. The maximum atomic E-state index is 4.32. The van der Waals surface area contributed by atoms with Crippen LogP contribution < -0.4 is 5.43 Å². The molecule has 0 unspecified atom stereocenters. The summed E-state index contributed by atoms with van der Waals surface area (Å²) in [5.74, 6) is 0.514. The minimum absolute atomic E-state index is 0.514. The van der Waals surface area contributed by atoms with Crippen LogP contribution in [0.2, 0.25) is 0 Å². The first kappa shape index (κ1) is 17.6. The average Bonchev–Trinajstić information content (AvgIpc) is 2.82. The van der Waals surface area contributed by atoms with Crippen molar-refractivity contribution >= 4 is 34.8 Å². The van der Waals surface area contributed by atoms with Crippen molar-refractivity contribution in [2.75, 3.05) is 5.43 Å². The molecule has 3 aromatic rings. The quantitative estimate of drug-likeness (QED) is 0.364. The lowest BCUT2D eigenvalue weighted by molar-refractivity contribution is 0.964. The Labute approximate surface area is 161 Å². The molecule has 0 saturated carbocycles. The number of aromatic nitrogens is 3. The highest BCUT2D eigenvalue weighted by Crippen LogP contribution is 2.20. The molecule has 0 radical (unpaired) electrons. The number of aryl methyl sites for hydroxylation is 3. The van der Waals surface area contributed by atoms with E-state index in [9.17, 15) is 0 Å². The number of nitrogens with zero attached hydrogens (tertiary/aromatic N) is 4. The Bertz CT molecular complexity index is 905. The van der Waals surface area contributed by atoms with Gasteiger partial charge in [0.15, 0.2) is 0 Å². The number of benzene rings is 1. The van der Waals surface area contributed by atoms with Gasteiger partial charge in [0.2, 0.25) is 5.95 Å². The Balaban J connectivity index is 1.84. The standard InChI is InChI=1S/C19H20IN5/c1-12-9-13(2)23-19(22-12)24-21-11-16-10-14(3)25(15(16)4)18-7-5-17(20)6-8-18/h5-11H,1-4H3,(H,22,23,24)/b21-11-. The zero-order valence-corrected chi connectivity index (χ0v) is 16.9. The third kappa shape index (κ3) is 4.07. The number of rotatable bonds is 4. The van der Waals surface area contributed by atoms with Crippen LogP contribution in [-0.4, -0.2) is 20.7 Å². The van der Waals surface area contributed by atoms with Crippen LogP contribution in [0, 0.1) is 31.3 Å². The first-order valence-corrected chi connectivity index (χ1v) is 9.08. The van der Waals surface area contributed by atoms with Crippen LogP contribution in [0.3, 0.4) is 0 Å². The van der Waals surface area contributed by atoms with Crippen LogP contribution in [0.15, 0.2) is 41.5 Å². The summed E-state index contributed by atoms with van der Waals surface area (Å²) < 4.78 is 3.45. The van der Waals surface area contributed by atoms with E-state index < -0.39 is 0 Å². The van der Waals surface area contributed by atoms with Gasteiger partial charge in [0, 0.05) is 37.6 Å². The van der Waals surface area contributed by atoms with Crippen molar-refractivity contribution in [3.8, 4) is 5.69 Å². The predicted octanol–water partition coefficient (Wildman–Crippen LogP) is 4.55. The summed E-state index contributed by atoms with van der Waals surface area (Å²) in [6.07, 6.45) is 1.81. The lowest BCUT2D eigenvalue weighted by atomic mass is 10.2. The molecule has 0 aliphatic heterocycles. The summed E-state index contributed by atoms with van der Waals surface area (Å²) in [5.41, 5.74) is 9.28. The van der Waals surface area contributed by atoms with E-state index in [1.807, 2.05) is 26.1 Å². The molecule has 3 rings (SSSR count). The molecule has 2 heterocycles. The largest absolute Gasteiger partial charge is 0.318 e. The molecule has 0 aliphatic carbocycles. The monoisotopic (exact) mass is 445 g/mol. The van der Waals surface area contributed by atoms with E-state index in [1.165, 1.54) is 9.26 Å². The van der Waals surface area contributed by atoms with E-state index in [1.54, 1.807) is 0 Å². The number of hydrazone groups is 1. The van der Waals surface area contributed by atoms with Gasteiger partial charge in [-0.05, 0) is 86.7 Å². The topological polar surface area (TPSA) is 55.1 Å². The summed E-state index contributed by atoms with van der Waals surface area (Å²) in [6.45, 7) is 8.08. The maximum absolute atomic E-state index is 4.32. The van der Waals surface area contributed by atoms with Crippen LogP contribution in [0.5, 0.6) is 0 Å². The SMILES string of the molecule is Cc1cc(C)nc(N/N=C\c2cc(C)n(-c3ccc(I)cc3)c2C)n1. The van der Waals surface area contributed by atoms with Crippen molar-refractivity contribution in [1.82, 2.24) is 14.5 Å². The Hall–Kier alpha value is -2.22. The van der Waals surface area contributed by atoms with E-state index >= 15 is 0 Å². The highest BCUT2D eigenvalue weighted by atomic mass is 127. The Morgan fingerprint density at radius 1 is 1.00 bits per heavy atom. The molecule has 128 valence electrons. The van der Waals surface area contributed by atoms with Gasteiger partial charge in [-0.15, -0.1) is 0 Å². The minimum Gasteiger partial charge on any atom is -0.318 e. The molecule has 5 nitrogen and oxygen atoms in total. The van der Waals surface area contributed by atoms with Crippen LogP contribution in [0.4, 0.5) is 5.95 Å². The first-order valence-electron chi connectivity index (χ1n) is 8.00. The van der Waals surface area contributed by atoms with Gasteiger partial charge in [-0.1, -0.05) is 0 Å². The van der Waals surface area contributed by atoms with Gasteiger partial charge in [-0.2, -0.15) is 5.10 Å². The number of halogens is 1. The summed E-state index contributed by atoms with van der Waals surface area (Å²) in [6, 6.07) is 12.5. The molecule has 0 bridgehead atoms. The molecule has 2 aromatic heterocycles. The van der Waals surface area contributed by atoms with Gasteiger partial charge in [0.1, 0.15) is 0 Å². The van der Waals surface area contributed by atoms with Crippen molar-refractivity contribution in [2.45, 2.75) is 27.7 Å². The molecule has 1 aromatic carbocycles. The van der Waals surface area contributed by atoms with Crippen LogP contribution in [0.1, 0.15) is 28.3 Å². The molecule has 6 heteroatoms. The minimum atomic E-state index is 0.514. The number of nitrogens with one attached hydrogen (secondary N) is 1. The van der Waals surface area contributed by atoms with Gasteiger partial charge < -0.3 is 4.57 Å². The summed E-state index contributed by atoms with van der Waals surface area (Å²) in [5, 5.41) is 4.30. The number of hydrogen-bond acceptors (Lipinski definition) is 4. The third-order valence-electron chi connectivity index (χ3n) is 3.91. The molecule has 0 spiro atoms. The Kier molecular flexibility index (Phi) is 5.17. The molecule has 1 N–H and O–H groups in total. The second-order valence-electron chi connectivity index (χ2n) is 5.98. The van der Waals surface area contributed by atoms with Crippen molar-refractivity contribution in [2.24, 2.45) is 5.10 Å². The van der Waals surface area contributed by atoms with E-state index in [2.05, 4.69) is 91.8 Å². The number of anilines is 1. The highest BCUT2D eigenvalue weighted by Gasteiger charge is 2.09. The smallest absolute Gasteiger partial charge is 0.243 e. The van der Waals surface area contributed by atoms with Crippen LogP contribution in [0.25, 0.3) is 5.69 Å². The molecule has 0 amide bonds. The summed E-state index contributed by atoms with van der Waals surface area (Å²) >= 11 is 2.32. The van der Waals surface area contributed by atoms with E-state index in [0.29, 0.717) is 5.95 Å². The second-order valence-corrected chi connectivity index (χ2v) is 7.23. The van der Waals surface area contributed by atoms with E-state index in [4.69, 9.17) is 0 Å². The predicted molar refractivity (Wildman–Crippen MR) is 111 cm³/mol. The molecule has 0 atom stereocenters. The van der Waals surface area contributed by atoms with Gasteiger partial charge in [-0.3, -0.25) is 0 Å². The van der Waals surface area contributed by atoms with Crippen molar-refractivity contribution in [1.29, 1.82) is 0 Å². The van der Waals surface area contributed by atoms with Gasteiger partial charge in [0.05, 0.1) is 6.21 Å². The molecule has 25 heavy (non-hydrogen) atoms. The number of hydrogen-bond donors (Lipinski definition) is 1. The summed E-state index contributed by atoms with van der Waals surface area (Å²) in [7, 11) is 0. The normalized spacial score (nSPS) is 11.2. The fourth-order valence-electron chi connectivity index (χ4n) is 2.84. The van der Waals surface area contributed by atoms with E-state index in [0.717, 1.165) is 28.3 Å². The lowest BCUT2D eigenvalue weighted by Gasteiger charge is -2.09. The van der Waals surface area contributed by atoms with Crippen LogP contribution in [-0.2, 0) is 0 Å². The fraction of sp³-hybridized carbons (Fsp3) is 0.211. The molecule has 0 aliphatic rings. The fourth-order valence-corrected chi connectivity index (χ4v) is 3.20. The molecule has 0 saturated heterocycles.